The van der Waals surface area contributed by atoms with Crippen LogP contribution in [0.25, 0.3) is 11.0 Å². The van der Waals surface area contributed by atoms with Gasteiger partial charge in [-0.3, -0.25) is 14.9 Å². The van der Waals surface area contributed by atoms with Gasteiger partial charge in [0.15, 0.2) is 0 Å². The monoisotopic (exact) mass is 474 g/mol. The van der Waals surface area contributed by atoms with E-state index < -0.39 is 17.6 Å². The van der Waals surface area contributed by atoms with Gasteiger partial charge in [0.25, 0.3) is 11.8 Å². The number of carbonyl (C=O) groups is 2. The van der Waals surface area contributed by atoms with Gasteiger partial charge in [-0.05, 0) is 42.8 Å². The molecule has 1 saturated carbocycles. The number of ether oxygens (including phenoxy) is 1. The molecule has 8 nitrogen and oxygen atoms in total. The number of hydrogen-bond acceptors (Lipinski definition) is 5. The number of benzene rings is 2. The van der Waals surface area contributed by atoms with Crippen LogP contribution in [0.1, 0.15) is 28.4 Å². The maximum absolute atomic E-state index is 13.1. The molecule has 1 aliphatic heterocycles. The topological polar surface area (TPSA) is 96.7 Å². The van der Waals surface area contributed by atoms with Crippen molar-refractivity contribution >= 4 is 34.5 Å². The summed E-state index contributed by atoms with van der Waals surface area (Å²) < 4.78 is 46.2. The van der Waals surface area contributed by atoms with Gasteiger partial charge in [-0.2, -0.15) is 13.2 Å². The molecule has 5 rings (SSSR count). The Hall–Kier alpha value is -3.44. The number of aliphatic hydroxyl groups is 1. The summed E-state index contributed by atoms with van der Waals surface area (Å²) in [5, 5.41) is 12.2. The fraction of sp³-hybridized carbons (Fsp3) is 0.348. The average molecular weight is 474 g/mol. The van der Waals surface area contributed by atoms with Crippen molar-refractivity contribution in [3.8, 4) is 0 Å². The first-order valence-corrected chi connectivity index (χ1v) is 10.8. The Labute approximate surface area is 191 Å². The third-order valence-corrected chi connectivity index (χ3v) is 6.10. The molecule has 2 atom stereocenters. The van der Waals surface area contributed by atoms with Crippen LogP contribution in [0.15, 0.2) is 42.5 Å². The van der Waals surface area contributed by atoms with E-state index >= 15 is 0 Å². The van der Waals surface area contributed by atoms with Crippen LogP contribution in [-0.4, -0.2) is 52.8 Å². The SMILES string of the molecule is O=C(Nc1nc2cc(N3CCOCC3=O)ccc2n1[C@@H]1C[C@H]1CO)c1cccc(C(F)(F)F)c1. The van der Waals surface area contributed by atoms with Gasteiger partial charge >= 0.3 is 6.18 Å². The van der Waals surface area contributed by atoms with Crippen molar-refractivity contribution in [2.45, 2.75) is 18.6 Å². The molecule has 178 valence electrons. The Morgan fingerprint density at radius 1 is 1.24 bits per heavy atom. The number of amides is 2. The first kappa shape index (κ1) is 22.4. The van der Waals surface area contributed by atoms with Crippen molar-refractivity contribution in [2.24, 2.45) is 5.92 Å². The molecule has 2 aromatic carbocycles. The molecule has 2 aliphatic rings. The van der Waals surface area contributed by atoms with Gasteiger partial charge in [0.1, 0.15) is 6.61 Å². The number of imidazole rings is 1. The maximum Gasteiger partial charge on any atom is 0.416 e. The molecule has 2 fully saturated rings. The van der Waals surface area contributed by atoms with Gasteiger partial charge in [0.2, 0.25) is 5.95 Å². The van der Waals surface area contributed by atoms with E-state index in [9.17, 15) is 27.9 Å². The molecule has 0 radical (unpaired) electrons. The summed E-state index contributed by atoms with van der Waals surface area (Å²) >= 11 is 0. The summed E-state index contributed by atoms with van der Waals surface area (Å²) in [4.78, 5) is 31.2. The van der Waals surface area contributed by atoms with Gasteiger partial charge in [-0.15, -0.1) is 0 Å². The minimum atomic E-state index is -4.57. The van der Waals surface area contributed by atoms with Crippen LogP contribution in [0, 0.1) is 5.92 Å². The molecule has 1 saturated heterocycles. The fourth-order valence-corrected chi connectivity index (χ4v) is 4.22. The number of nitrogens with zero attached hydrogens (tertiary/aromatic N) is 3. The fourth-order valence-electron chi connectivity index (χ4n) is 4.22. The summed E-state index contributed by atoms with van der Waals surface area (Å²) in [5.41, 5.74) is 0.763. The molecular weight excluding hydrogens is 453 g/mol. The summed E-state index contributed by atoms with van der Waals surface area (Å²) in [6.07, 6.45) is -3.89. The van der Waals surface area contributed by atoms with Crippen molar-refractivity contribution in [1.29, 1.82) is 0 Å². The predicted molar refractivity (Wildman–Crippen MR) is 117 cm³/mol. The predicted octanol–water partition coefficient (Wildman–Crippen LogP) is 3.22. The summed E-state index contributed by atoms with van der Waals surface area (Å²) in [7, 11) is 0. The molecular formula is C23H21F3N4O4. The lowest BCUT2D eigenvalue weighted by Crippen LogP contribution is -2.41. The van der Waals surface area contributed by atoms with Crippen LogP contribution in [0.4, 0.5) is 24.8 Å². The second-order valence-corrected chi connectivity index (χ2v) is 8.35. The second kappa shape index (κ2) is 8.41. The van der Waals surface area contributed by atoms with E-state index in [-0.39, 0.29) is 42.6 Å². The van der Waals surface area contributed by atoms with E-state index in [4.69, 9.17) is 4.74 Å². The number of aromatic nitrogens is 2. The summed E-state index contributed by atoms with van der Waals surface area (Å²) in [6, 6.07) is 9.34. The van der Waals surface area contributed by atoms with Crippen molar-refractivity contribution in [1.82, 2.24) is 9.55 Å². The van der Waals surface area contributed by atoms with Crippen molar-refractivity contribution in [2.75, 3.05) is 36.6 Å². The zero-order chi connectivity index (χ0) is 24.0. The molecule has 1 aromatic heterocycles. The summed E-state index contributed by atoms with van der Waals surface area (Å²) in [5.74, 6) is -0.746. The quantitative estimate of drug-likeness (QED) is 0.592. The minimum Gasteiger partial charge on any atom is -0.396 e. The van der Waals surface area contributed by atoms with Crippen molar-refractivity contribution < 1.29 is 32.6 Å². The molecule has 2 heterocycles. The third kappa shape index (κ3) is 4.12. The third-order valence-electron chi connectivity index (χ3n) is 6.10. The normalized spacial score (nSPS) is 20.6. The van der Waals surface area contributed by atoms with Gasteiger partial charge < -0.3 is 19.3 Å². The minimum absolute atomic E-state index is 0.00890. The largest absolute Gasteiger partial charge is 0.416 e. The van der Waals surface area contributed by atoms with E-state index in [2.05, 4.69) is 10.3 Å². The highest BCUT2D eigenvalue weighted by Crippen LogP contribution is 2.46. The van der Waals surface area contributed by atoms with Crippen molar-refractivity contribution in [3.05, 3.63) is 53.6 Å². The average Bonchev–Trinajstić information content (AvgIpc) is 3.51. The molecule has 0 bridgehead atoms. The van der Waals surface area contributed by atoms with Gasteiger partial charge in [-0.25, -0.2) is 4.98 Å². The lowest BCUT2D eigenvalue weighted by molar-refractivity contribution is -0.137. The molecule has 11 heteroatoms. The number of hydrogen-bond donors (Lipinski definition) is 2. The first-order valence-electron chi connectivity index (χ1n) is 10.8. The Morgan fingerprint density at radius 3 is 2.76 bits per heavy atom. The maximum atomic E-state index is 13.1. The number of carbonyl (C=O) groups excluding carboxylic acids is 2. The van der Waals surface area contributed by atoms with Crippen LogP contribution in [0.3, 0.4) is 0 Å². The smallest absolute Gasteiger partial charge is 0.396 e. The Morgan fingerprint density at radius 2 is 2.06 bits per heavy atom. The number of rotatable bonds is 5. The van der Waals surface area contributed by atoms with Gasteiger partial charge in [0.05, 0.1) is 23.2 Å². The highest BCUT2D eigenvalue weighted by Gasteiger charge is 2.41. The number of morpholine rings is 1. The zero-order valence-corrected chi connectivity index (χ0v) is 17.9. The highest BCUT2D eigenvalue weighted by atomic mass is 19.4. The number of aliphatic hydroxyl groups excluding tert-OH is 1. The molecule has 0 spiro atoms. The molecule has 1 aliphatic carbocycles. The van der Waals surface area contributed by atoms with Crippen molar-refractivity contribution in [3.63, 3.8) is 0 Å². The molecule has 2 N–H and O–H groups in total. The standard InChI is InChI=1S/C23H21F3N4O4/c24-23(25,26)15-3-1-2-13(8-15)21(33)28-22-27-17-10-16(29-6-7-34-12-20(29)32)4-5-18(17)30(22)19-9-14(19)11-31/h1-5,8,10,14,19,31H,6-7,9,11-12H2,(H,27,28,33)/t14-,19+/m0/s1. The highest BCUT2D eigenvalue weighted by molar-refractivity contribution is 6.04. The summed E-state index contributed by atoms with van der Waals surface area (Å²) in [6.45, 7) is 0.771. The Balaban J connectivity index is 1.50. The van der Waals surface area contributed by atoms with E-state index in [0.29, 0.717) is 36.3 Å². The lowest BCUT2D eigenvalue weighted by atomic mass is 10.1. The van der Waals surface area contributed by atoms with Gasteiger partial charge in [0, 0.05) is 36.4 Å². The number of nitrogens with one attached hydrogen (secondary N) is 1. The van der Waals surface area contributed by atoms with E-state index in [1.165, 1.54) is 12.1 Å². The van der Waals surface area contributed by atoms with Gasteiger partial charge in [-0.1, -0.05) is 6.07 Å². The van der Waals surface area contributed by atoms with Crippen LogP contribution >= 0.6 is 0 Å². The molecule has 0 unspecified atom stereocenters. The molecule has 2 amide bonds. The van der Waals surface area contributed by atoms with Crippen LogP contribution < -0.4 is 10.2 Å². The first-order chi connectivity index (χ1) is 16.3. The number of anilines is 2. The number of halogens is 3. The zero-order valence-electron chi connectivity index (χ0n) is 17.9. The van der Waals surface area contributed by atoms with E-state index in [1.54, 1.807) is 27.7 Å². The number of fused-ring (bicyclic) bond motifs is 1. The van der Waals surface area contributed by atoms with Crippen LogP contribution in [-0.2, 0) is 15.7 Å². The van der Waals surface area contributed by atoms with Crippen LogP contribution in [0.5, 0.6) is 0 Å². The van der Waals surface area contributed by atoms with E-state index in [1.807, 2.05) is 0 Å². The van der Waals surface area contributed by atoms with Crippen LogP contribution in [0.2, 0.25) is 0 Å². The molecule has 3 aromatic rings. The van der Waals surface area contributed by atoms with E-state index in [0.717, 1.165) is 12.1 Å². The number of alkyl halides is 3. The Bertz CT molecular complexity index is 1270. The second-order valence-electron chi connectivity index (χ2n) is 8.35. The molecule has 34 heavy (non-hydrogen) atoms. The lowest BCUT2D eigenvalue weighted by Gasteiger charge is -2.26. The Kier molecular flexibility index (Phi) is 5.53.